The molecule has 4 rings (SSSR count). The molecule has 0 spiro atoms. The minimum atomic E-state index is 0.331. The van der Waals surface area contributed by atoms with E-state index in [9.17, 15) is 0 Å². The average Bonchev–Trinajstić information content (AvgIpc) is 2.84. The van der Waals surface area contributed by atoms with Crippen LogP contribution in [0.15, 0.2) is 59.1 Å². The molecule has 0 heterocycles. The van der Waals surface area contributed by atoms with Crippen LogP contribution in [0.4, 0.5) is 0 Å². The second-order valence-electron chi connectivity index (χ2n) is 6.54. The molecule has 0 bridgehead atoms. The van der Waals surface area contributed by atoms with E-state index < -0.39 is 0 Å². The van der Waals surface area contributed by atoms with E-state index in [1.54, 1.807) is 0 Å². The molecule has 0 fully saturated rings. The quantitative estimate of drug-likeness (QED) is 0.360. The Morgan fingerprint density at radius 1 is 0.652 bits per heavy atom. The lowest BCUT2D eigenvalue weighted by molar-refractivity contribution is 0.987. The molecule has 3 aromatic carbocycles. The summed E-state index contributed by atoms with van der Waals surface area (Å²) in [5, 5.41) is 0. The predicted molar refractivity (Wildman–Crippen MR) is 101 cm³/mol. The summed E-state index contributed by atoms with van der Waals surface area (Å²) in [5.41, 5.74) is 11.1. The maximum Gasteiger partial charge on any atom is 0.0355 e. The summed E-state index contributed by atoms with van der Waals surface area (Å²) in [4.78, 5) is 0. The van der Waals surface area contributed by atoms with Crippen LogP contribution < -0.4 is 0 Å². The molecule has 0 aliphatic heterocycles. The number of hydrogen-bond donors (Lipinski definition) is 0. The van der Waals surface area contributed by atoms with Gasteiger partial charge in [-0.25, -0.2) is 0 Å². The van der Waals surface area contributed by atoms with Crippen molar-refractivity contribution in [2.75, 3.05) is 0 Å². The first kappa shape index (κ1) is 14.7. The van der Waals surface area contributed by atoms with Gasteiger partial charge in [0.2, 0.25) is 0 Å². The molecule has 0 saturated heterocycles. The van der Waals surface area contributed by atoms with Gasteiger partial charge in [0.15, 0.2) is 0 Å². The average molecular weight is 363 g/mol. The van der Waals surface area contributed by atoms with E-state index in [0.717, 1.165) is 4.47 Å². The van der Waals surface area contributed by atoms with E-state index in [-0.39, 0.29) is 0 Å². The van der Waals surface area contributed by atoms with Crippen molar-refractivity contribution in [1.29, 1.82) is 0 Å². The monoisotopic (exact) mass is 362 g/mol. The Kier molecular flexibility index (Phi) is 3.42. The molecule has 23 heavy (non-hydrogen) atoms. The van der Waals surface area contributed by atoms with Gasteiger partial charge in [0.05, 0.1) is 0 Å². The second-order valence-corrected chi connectivity index (χ2v) is 7.46. The predicted octanol–water partition coefficient (Wildman–Crippen LogP) is 6.53. The first-order chi connectivity index (χ1) is 11.1. The minimum absolute atomic E-state index is 0.331. The number of halogens is 1. The summed E-state index contributed by atoms with van der Waals surface area (Å²) < 4.78 is 1.15. The fourth-order valence-electron chi connectivity index (χ4n) is 3.81. The SMILES string of the molecule is Cc1cc(C)c(C2c3ccccc3-c3ccc(Br)cc32)cc1C. The van der Waals surface area contributed by atoms with Crippen molar-refractivity contribution in [1.82, 2.24) is 0 Å². The zero-order chi connectivity index (χ0) is 16.1. The molecular weight excluding hydrogens is 344 g/mol. The van der Waals surface area contributed by atoms with Gasteiger partial charge in [0, 0.05) is 10.4 Å². The number of fused-ring (bicyclic) bond motifs is 3. The van der Waals surface area contributed by atoms with Crippen LogP contribution in [0, 0.1) is 20.8 Å². The molecule has 1 aliphatic carbocycles. The zero-order valence-electron chi connectivity index (χ0n) is 13.7. The molecule has 1 aliphatic rings. The van der Waals surface area contributed by atoms with Crippen molar-refractivity contribution in [3.8, 4) is 11.1 Å². The second kappa shape index (κ2) is 5.35. The molecular formula is C22H19Br. The highest BCUT2D eigenvalue weighted by molar-refractivity contribution is 9.10. The number of benzene rings is 3. The van der Waals surface area contributed by atoms with Crippen LogP contribution in [-0.4, -0.2) is 0 Å². The van der Waals surface area contributed by atoms with Crippen molar-refractivity contribution in [2.24, 2.45) is 0 Å². The molecule has 0 saturated carbocycles. The van der Waals surface area contributed by atoms with E-state index in [4.69, 9.17) is 0 Å². The first-order valence-electron chi connectivity index (χ1n) is 8.03. The van der Waals surface area contributed by atoms with Crippen LogP contribution in [0.5, 0.6) is 0 Å². The highest BCUT2D eigenvalue weighted by Gasteiger charge is 2.30. The Bertz CT molecular complexity index is 921. The van der Waals surface area contributed by atoms with Gasteiger partial charge in [-0.3, -0.25) is 0 Å². The zero-order valence-corrected chi connectivity index (χ0v) is 15.2. The summed E-state index contributed by atoms with van der Waals surface area (Å²) in [6, 6.07) is 20.2. The Balaban J connectivity index is 2.03. The maximum absolute atomic E-state index is 3.65. The van der Waals surface area contributed by atoms with Crippen LogP contribution in [0.2, 0.25) is 0 Å². The van der Waals surface area contributed by atoms with Crippen molar-refractivity contribution in [3.63, 3.8) is 0 Å². The van der Waals surface area contributed by atoms with Gasteiger partial charge >= 0.3 is 0 Å². The third-order valence-corrected chi connectivity index (χ3v) is 5.57. The highest BCUT2D eigenvalue weighted by atomic mass is 79.9. The highest BCUT2D eigenvalue weighted by Crippen LogP contribution is 2.49. The van der Waals surface area contributed by atoms with Crippen molar-refractivity contribution < 1.29 is 0 Å². The fraction of sp³-hybridized carbons (Fsp3) is 0.182. The van der Waals surface area contributed by atoms with Gasteiger partial charge in [0.25, 0.3) is 0 Å². The van der Waals surface area contributed by atoms with Crippen molar-refractivity contribution >= 4 is 15.9 Å². The lowest BCUT2D eigenvalue weighted by Gasteiger charge is -2.19. The largest absolute Gasteiger partial charge is 0.0619 e. The Hall–Kier alpha value is -1.86. The van der Waals surface area contributed by atoms with E-state index in [0.29, 0.717) is 5.92 Å². The molecule has 114 valence electrons. The van der Waals surface area contributed by atoms with Crippen LogP contribution in [0.1, 0.15) is 39.3 Å². The standard InChI is InChI=1S/C22H19Br/c1-13-10-15(3)20(11-14(13)2)22-19-7-5-4-6-17(19)18-9-8-16(23)12-21(18)22/h4-12,22H,1-3H3. The van der Waals surface area contributed by atoms with Crippen LogP contribution in [0.25, 0.3) is 11.1 Å². The normalized spacial score (nSPS) is 15.4. The molecule has 1 heteroatoms. The minimum Gasteiger partial charge on any atom is -0.0619 e. The van der Waals surface area contributed by atoms with E-state index in [1.807, 2.05) is 0 Å². The van der Waals surface area contributed by atoms with E-state index in [1.165, 1.54) is 44.5 Å². The van der Waals surface area contributed by atoms with Gasteiger partial charge < -0.3 is 0 Å². The van der Waals surface area contributed by atoms with Gasteiger partial charge in [-0.15, -0.1) is 0 Å². The molecule has 3 aromatic rings. The lowest BCUT2D eigenvalue weighted by Crippen LogP contribution is -2.03. The van der Waals surface area contributed by atoms with E-state index in [2.05, 4.69) is 91.3 Å². The Morgan fingerprint density at radius 3 is 2.17 bits per heavy atom. The van der Waals surface area contributed by atoms with Crippen molar-refractivity contribution in [2.45, 2.75) is 26.7 Å². The first-order valence-corrected chi connectivity index (χ1v) is 8.82. The van der Waals surface area contributed by atoms with Gasteiger partial charge in [-0.2, -0.15) is 0 Å². The van der Waals surface area contributed by atoms with Gasteiger partial charge in [-0.1, -0.05) is 58.4 Å². The molecule has 1 unspecified atom stereocenters. The molecule has 1 atom stereocenters. The summed E-state index contributed by atoms with van der Waals surface area (Å²) in [5.74, 6) is 0.331. The summed E-state index contributed by atoms with van der Waals surface area (Å²) in [6.45, 7) is 6.64. The Morgan fingerprint density at radius 2 is 1.35 bits per heavy atom. The van der Waals surface area contributed by atoms with Crippen molar-refractivity contribution in [3.05, 3.63) is 92.5 Å². The summed E-state index contributed by atoms with van der Waals surface area (Å²) in [6.07, 6.45) is 0. The van der Waals surface area contributed by atoms with Crippen LogP contribution >= 0.6 is 15.9 Å². The molecule has 0 aromatic heterocycles. The van der Waals surface area contributed by atoms with Crippen LogP contribution in [-0.2, 0) is 0 Å². The van der Waals surface area contributed by atoms with E-state index >= 15 is 0 Å². The third kappa shape index (κ3) is 2.26. The molecule has 0 amide bonds. The molecule has 0 radical (unpaired) electrons. The third-order valence-electron chi connectivity index (χ3n) is 5.08. The maximum atomic E-state index is 3.65. The lowest BCUT2D eigenvalue weighted by atomic mass is 9.85. The summed E-state index contributed by atoms with van der Waals surface area (Å²) in [7, 11) is 0. The molecule has 0 N–H and O–H groups in total. The van der Waals surface area contributed by atoms with Gasteiger partial charge in [0.1, 0.15) is 0 Å². The number of hydrogen-bond acceptors (Lipinski definition) is 0. The van der Waals surface area contributed by atoms with Gasteiger partial charge in [-0.05, 0) is 77.4 Å². The number of rotatable bonds is 1. The molecule has 0 nitrogen and oxygen atoms in total. The Labute approximate surface area is 146 Å². The fourth-order valence-corrected chi connectivity index (χ4v) is 4.19. The number of aryl methyl sites for hydroxylation is 3. The van der Waals surface area contributed by atoms with Crippen LogP contribution in [0.3, 0.4) is 0 Å². The smallest absolute Gasteiger partial charge is 0.0355 e. The summed E-state index contributed by atoms with van der Waals surface area (Å²) >= 11 is 3.65. The topological polar surface area (TPSA) is 0 Å².